The largest absolute Gasteiger partial charge is 0.425 e. The van der Waals surface area contributed by atoms with E-state index < -0.39 is 6.03 Å². The number of carbonyl (C=O) groups is 3. The van der Waals surface area contributed by atoms with Crippen LogP contribution in [0.15, 0.2) is 12.7 Å². The van der Waals surface area contributed by atoms with Crippen LogP contribution in [0.2, 0.25) is 0 Å². The van der Waals surface area contributed by atoms with Crippen molar-refractivity contribution in [2.45, 2.75) is 0 Å². The molecule has 0 aliphatic carbocycles. The summed E-state index contributed by atoms with van der Waals surface area (Å²) in [4.78, 5) is 32.5. The minimum atomic E-state index is -0.419. The molecule has 1 saturated heterocycles. The summed E-state index contributed by atoms with van der Waals surface area (Å²) >= 11 is 0. The highest BCUT2D eigenvalue weighted by Crippen LogP contribution is 2.22. The van der Waals surface area contributed by atoms with E-state index in [-0.39, 0.29) is 16.9 Å². The Morgan fingerprint density at radius 3 is 2.46 bits per heavy atom. The predicted molar refractivity (Wildman–Crippen MR) is 44.7 cm³/mol. The molecule has 1 aliphatic heterocycles. The zero-order valence-corrected chi connectivity index (χ0v) is 7.16. The van der Waals surface area contributed by atoms with Gasteiger partial charge in [-0.3, -0.25) is 5.32 Å². The molecule has 1 fully saturated rings. The summed E-state index contributed by atoms with van der Waals surface area (Å²) in [5.74, 6) is -0.316. The summed E-state index contributed by atoms with van der Waals surface area (Å²) in [7, 11) is 0. The van der Waals surface area contributed by atoms with Gasteiger partial charge in [-0.25, -0.2) is 9.59 Å². The second-order valence-corrected chi connectivity index (χ2v) is 2.81. The Morgan fingerprint density at radius 1 is 1.46 bits per heavy atom. The molecule has 0 spiro atoms. The summed E-state index contributed by atoms with van der Waals surface area (Å²) in [6.07, 6.45) is 1.71. The van der Waals surface area contributed by atoms with Gasteiger partial charge in [0.25, 0.3) is 0 Å². The topological polar surface area (TPSA) is 63.2 Å². The fraction of sp³-hybridized carbons (Fsp3) is 0.375. The van der Waals surface area contributed by atoms with Gasteiger partial charge in [0, 0.05) is 6.08 Å². The second-order valence-electron chi connectivity index (χ2n) is 2.81. The van der Waals surface area contributed by atoms with Crippen LogP contribution in [-0.4, -0.2) is 42.3 Å². The van der Waals surface area contributed by atoms with Crippen LogP contribution in [0.25, 0.3) is 0 Å². The maximum atomic E-state index is 11.3. The van der Waals surface area contributed by atoms with Crippen molar-refractivity contribution >= 4 is 18.2 Å². The molecule has 0 saturated carbocycles. The van der Waals surface area contributed by atoms with E-state index in [0.29, 0.717) is 19.4 Å². The van der Waals surface area contributed by atoms with Gasteiger partial charge in [0.1, 0.15) is 19.4 Å². The lowest BCUT2D eigenvalue weighted by atomic mass is 10.5. The van der Waals surface area contributed by atoms with Gasteiger partial charge >= 0.3 is 11.9 Å². The average Bonchev–Trinajstić information content (AvgIpc) is 2.93. The Morgan fingerprint density at radius 2 is 2.08 bits per heavy atom. The molecule has 1 N–H and O–H groups in total. The van der Waals surface area contributed by atoms with Gasteiger partial charge in [-0.2, -0.15) is 4.48 Å². The number of imide groups is 1. The summed E-state index contributed by atoms with van der Waals surface area (Å²) in [5.41, 5.74) is 0. The minimum absolute atomic E-state index is 0.0523. The molecule has 13 heavy (non-hydrogen) atoms. The highest BCUT2D eigenvalue weighted by atomic mass is 16.2. The van der Waals surface area contributed by atoms with Crippen LogP contribution in [0.3, 0.4) is 0 Å². The van der Waals surface area contributed by atoms with Gasteiger partial charge in [0.2, 0.25) is 0 Å². The maximum Gasteiger partial charge on any atom is 0.425 e. The molecule has 0 aromatic heterocycles. The molecule has 70 valence electrons. The van der Waals surface area contributed by atoms with Crippen LogP contribution in [-0.2, 0) is 9.59 Å². The molecular formula is C8H11N2O3+. The Kier molecular flexibility index (Phi) is 2.57. The molecule has 0 bridgehead atoms. The third-order valence-electron chi connectivity index (χ3n) is 1.99. The van der Waals surface area contributed by atoms with Crippen LogP contribution >= 0.6 is 0 Å². The summed E-state index contributed by atoms with van der Waals surface area (Å²) in [6.45, 7) is 4.25. The fourth-order valence-electron chi connectivity index (χ4n) is 1.08. The van der Waals surface area contributed by atoms with Crippen molar-refractivity contribution in [3.8, 4) is 0 Å². The number of rotatable bonds is 3. The van der Waals surface area contributed by atoms with E-state index in [4.69, 9.17) is 0 Å². The number of nitrogens with one attached hydrogen (secondary N) is 1. The molecule has 1 heterocycles. The molecule has 0 radical (unpaired) electrons. The number of hydrogen-bond donors (Lipinski definition) is 1. The standard InChI is InChI=1S/C8H10N2O3/c1-2-7(12)10(4-5-10)8(13)9-3-6-11/h2,6H,1,3-5H2/p+1. The van der Waals surface area contributed by atoms with Crippen molar-refractivity contribution in [3.63, 3.8) is 0 Å². The first-order chi connectivity index (χ1) is 6.17. The molecule has 5 nitrogen and oxygen atoms in total. The number of quaternary nitrogens is 1. The minimum Gasteiger partial charge on any atom is -0.301 e. The number of carbonyl (C=O) groups excluding carboxylic acids is 3. The Labute approximate surface area is 75.6 Å². The Balaban J connectivity index is 2.59. The monoisotopic (exact) mass is 183 g/mol. The Hall–Kier alpha value is -1.49. The second kappa shape index (κ2) is 3.49. The Bertz CT molecular complexity index is 269. The average molecular weight is 183 g/mol. The molecule has 1 aliphatic rings. The first kappa shape index (κ1) is 9.60. The van der Waals surface area contributed by atoms with Crippen molar-refractivity contribution in [1.29, 1.82) is 0 Å². The molecule has 1 rings (SSSR count). The smallest absolute Gasteiger partial charge is 0.301 e. The van der Waals surface area contributed by atoms with Gasteiger partial charge in [-0.15, -0.1) is 0 Å². The van der Waals surface area contributed by atoms with Crippen molar-refractivity contribution in [2.75, 3.05) is 19.6 Å². The molecule has 0 aromatic rings. The van der Waals surface area contributed by atoms with Crippen LogP contribution in [0.4, 0.5) is 4.79 Å². The van der Waals surface area contributed by atoms with Crippen LogP contribution in [0.1, 0.15) is 0 Å². The summed E-state index contributed by atoms with van der Waals surface area (Å²) in [6, 6.07) is -0.419. The summed E-state index contributed by atoms with van der Waals surface area (Å²) < 4.78 is -0.239. The van der Waals surface area contributed by atoms with Gasteiger partial charge in [0.05, 0.1) is 6.54 Å². The highest BCUT2D eigenvalue weighted by Gasteiger charge is 2.55. The molecule has 0 aromatic carbocycles. The van der Waals surface area contributed by atoms with Gasteiger partial charge in [0.15, 0.2) is 0 Å². The van der Waals surface area contributed by atoms with Crippen molar-refractivity contribution in [3.05, 3.63) is 12.7 Å². The van der Waals surface area contributed by atoms with E-state index in [9.17, 15) is 14.4 Å². The lowest BCUT2D eigenvalue weighted by molar-refractivity contribution is -0.625. The number of amides is 3. The zero-order valence-electron chi connectivity index (χ0n) is 7.16. The molecule has 0 atom stereocenters. The highest BCUT2D eigenvalue weighted by molar-refractivity contribution is 5.92. The van der Waals surface area contributed by atoms with Crippen molar-refractivity contribution in [1.82, 2.24) is 5.32 Å². The third-order valence-corrected chi connectivity index (χ3v) is 1.99. The number of aldehydes is 1. The quantitative estimate of drug-likeness (QED) is 0.276. The van der Waals surface area contributed by atoms with E-state index in [2.05, 4.69) is 11.9 Å². The lowest BCUT2D eigenvalue weighted by Gasteiger charge is -2.09. The number of hydrogen-bond acceptors (Lipinski definition) is 3. The van der Waals surface area contributed by atoms with E-state index in [0.717, 1.165) is 6.08 Å². The van der Waals surface area contributed by atoms with Crippen LogP contribution in [0.5, 0.6) is 0 Å². The molecule has 0 unspecified atom stereocenters. The third kappa shape index (κ3) is 1.65. The van der Waals surface area contributed by atoms with E-state index in [1.807, 2.05) is 0 Å². The van der Waals surface area contributed by atoms with Crippen LogP contribution in [0, 0.1) is 0 Å². The number of urea groups is 1. The first-order valence-electron chi connectivity index (χ1n) is 3.93. The van der Waals surface area contributed by atoms with Gasteiger partial charge in [-0.05, 0) is 0 Å². The maximum absolute atomic E-state index is 11.3. The van der Waals surface area contributed by atoms with Gasteiger partial charge in [-0.1, -0.05) is 6.58 Å². The normalized spacial score (nSPS) is 17.2. The van der Waals surface area contributed by atoms with Crippen molar-refractivity contribution < 1.29 is 18.9 Å². The van der Waals surface area contributed by atoms with Crippen molar-refractivity contribution in [2.24, 2.45) is 0 Å². The zero-order chi connectivity index (χ0) is 9.90. The first-order valence-corrected chi connectivity index (χ1v) is 3.93. The fourth-order valence-corrected chi connectivity index (χ4v) is 1.08. The molecule has 3 amide bonds. The van der Waals surface area contributed by atoms with E-state index >= 15 is 0 Å². The van der Waals surface area contributed by atoms with E-state index in [1.165, 1.54) is 0 Å². The molecule has 5 heteroatoms. The number of nitrogens with zero attached hydrogens (tertiary/aromatic N) is 1. The van der Waals surface area contributed by atoms with Gasteiger partial charge < -0.3 is 4.79 Å². The van der Waals surface area contributed by atoms with E-state index in [1.54, 1.807) is 0 Å². The molecular weight excluding hydrogens is 172 g/mol. The lowest BCUT2D eigenvalue weighted by Crippen LogP contribution is -2.46. The predicted octanol–water partition coefficient (Wildman–Crippen LogP) is -0.562. The SMILES string of the molecule is C=CC(=O)[N+]1(C(=O)NCC=O)CC1. The summed E-state index contributed by atoms with van der Waals surface area (Å²) in [5, 5.41) is 2.35. The van der Waals surface area contributed by atoms with Crippen LogP contribution < -0.4 is 5.32 Å².